The first-order valence-corrected chi connectivity index (χ1v) is 8.57. The van der Waals surface area contributed by atoms with E-state index in [-0.39, 0.29) is 5.97 Å². The van der Waals surface area contributed by atoms with Gasteiger partial charge in [0.2, 0.25) is 0 Å². The second-order valence-corrected chi connectivity index (χ2v) is 6.28. The minimum Gasteiger partial charge on any atom is -0.432 e. The lowest BCUT2D eigenvalue weighted by atomic mass is 10.0. The van der Waals surface area contributed by atoms with Gasteiger partial charge in [0.1, 0.15) is 5.76 Å². The van der Waals surface area contributed by atoms with Gasteiger partial charge in [0.05, 0.1) is 0 Å². The minimum absolute atomic E-state index is 0.179. The molecular formula is C18H32O2. The largest absolute Gasteiger partial charge is 0.432 e. The van der Waals surface area contributed by atoms with E-state index in [4.69, 9.17) is 4.74 Å². The Labute approximate surface area is 125 Å². The summed E-state index contributed by atoms with van der Waals surface area (Å²) in [5.41, 5.74) is 0. The summed E-state index contributed by atoms with van der Waals surface area (Å²) in [5, 5.41) is 0. The zero-order chi connectivity index (χ0) is 14.6. The number of carbonyl (C=O) groups excluding carboxylic acids is 1. The lowest BCUT2D eigenvalue weighted by Crippen LogP contribution is -2.02. The molecule has 0 N–H and O–H groups in total. The van der Waals surface area contributed by atoms with Crippen LogP contribution < -0.4 is 0 Å². The molecule has 2 nitrogen and oxygen atoms in total. The zero-order valence-electron chi connectivity index (χ0n) is 13.5. The minimum atomic E-state index is -0.179. The molecule has 0 aromatic carbocycles. The van der Waals surface area contributed by atoms with Gasteiger partial charge in [0.15, 0.2) is 0 Å². The molecule has 116 valence electrons. The molecule has 0 bridgehead atoms. The standard InChI is InChI=1S/C18H32O2/c1-16-13-11-9-7-5-3-4-6-8-10-12-14-18(15-16)20-17(2)19/h15-16H,3-14H2,1-2H3/t16-/m1/s1. The van der Waals surface area contributed by atoms with Gasteiger partial charge in [0, 0.05) is 13.3 Å². The van der Waals surface area contributed by atoms with Crippen molar-refractivity contribution in [2.75, 3.05) is 0 Å². The number of esters is 1. The molecule has 0 spiro atoms. The highest BCUT2D eigenvalue weighted by Crippen LogP contribution is 2.20. The molecule has 0 fully saturated rings. The fourth-order valence-electron chi connectivity index (χ4n) is 2.93. The molecule has 1 aliphatic rings. The van der Waals surface area contributed by atoms with E-state index in [1.54, 1.807) is 0 Å². The van der Waals surface area contributed by atoms with Crippen LogP contribution in [0.2, 0.25) is 0 Å². The van der Waals surface area contributed by atoms with Crippen LogP contribution in [0.3, 0.4) is 0 Å². The third-order valence-corrected chi connectivity index (χ3v) is 4.08. The lowest BCUT2D eigenvalue weighted by Gasteiger charge is -2.11. The van der Waals surface area contributed by atoms with E-state index in [0.29, 0.717) is 5.92 Å². The van der Waals surface area contributed by atoms with Crippen molar-refractivity contribution in [2.45, 2.75) is 90.9 Å². The van der Waals surface area contributed by atoms with Gasteiger partial charge in [-0.3, -0.25) is 4.79 Å². The first-order chi connectivity index (χ1) is 9.68. The van der Waals surface area contributed by atoms with Gasteiger partial charge in [-0.1, -0.05) is 64.7 Å². The third kappa shape index (κ3) is 9.17. The first kappa shape index (κ1) is 17.3. The van der Waals surface area contributed by atoms with Crippen LogP contribution in [0.4, 0.5) is 0 Å². The van der Waals surface area contributed by atoms with Gasteiger partial charge in [0.25, 0.3) is 0 Å². The fraction of sp³-hybridized carbons (Fsp3) is 0.833. The maximum absolute atomic E-state index is 11.2. The fourth-order valence-corrected chi connectivity index (χ4v) is 2.93. The smallest absolute Gasteiger partial charge is 0.307 e. The summed E-state index contributed by atoms with van der Waals surface area (Å²) < 4.78 is 5.37. The topological polar surface area (TPSA) is 26.3 Å². The van der Waals surface area contributed by atoms with Gasteiger partial charge < -0.3 is 4.74 Å². The number of allylic oxidation sites excluding steroid dienone is 2. The van der Waals surface area contributed by atoms with Crippen LogP contribution in [-0.4, -0.2) is 5.97 Å². The number of rotatable bonds is 1. The Hall–Kier alpha value is -0.790. The Kier molecular flexibility index (Phi) is 9.44. The average molecular weight is 280 g/mol. The van der Waals surface area contributed by atoms with Crippen molar-refractivity contribution < 1.29 is 9.53 Å². The van der Waals surface area contributed by atoms with Crippen LogP contribution in [0.15, 0.2) is 11.8 Å². The normalized spacial score (nSPS) is 24.1. The van der Waals surface area contributed by atoms with E-state index in [1.807, 2.05) is 0 Å². The van der Waals surface area contributed by atoms with Crippen LogP contribution in [0, 0.1) is 5.92 Å². The Bertz CT molecular complexity index is 294. The van der Waals surface area contributed by atoms with Crippen LogP contribution in [0.1, 0.15) is 90.9 Å². The van der Waals surface area contributed by atoms with Crippen molar-refractivity contribution in [3.63, 3.8) is 0 Å². The number of carbonyl (C=O) groups is 1. The Balaban J connectivity index is 2.49. The molecule has 0 unspecified atom stereocenters. The summed E-state index contributed by atoms with van der Waals surface area (Å²) >= 11 is 0. The molecule has 1 atom stereocenters. The van der Waals surface area contributed by atoms with Crippen LogP contribution in [-0.2, 0) is 9.53 Å². The molecule has 0 aromatic rings. The summed E-state index contributed by atoms with van der Waals surface area (Å²) in [7, 11) is 0. The van der Waals surface area contributed by atoms with Crippen molar-refractivity contribution in [3.8, 4) is 0 Å². The van der Waals surface area contributed by atoms with Crippen molar-refractivity contribution in [1.29, 1.82) is 0 Å². The van der Waals surface area contributed by atoms with E-state index in [2.05, 4.69) is 13.0 Å². The predicted octanol–water partition coefficient (Wildman–Crippen LogP) is 5.76. The van der Waals surface area contributed by atoms with Crippen molar-refractivity contribution in [1.82, 2.24) is 0 Å². The van der Waals surface area contributed by atoms with Gasteiger partial charge >= 0.3 is 5.97 Å². The van der Waals surface area contributed by atoms with Crippen molar-refractivity contribution in [2.24, 2.45) is 5.92 Å². The molecule has 0 radical (unpaired) electrons. The van der Waals surface area contributed by atoms with Gasteiger partial charge in [-0.25, -0.2) is 0 Å². The molecule has 20 heavy (non-hydrogen) atoms. The molecule has 2 heteroatoms. The zero-order valence-corrected chi connectivity index (χ0v) is 13.5. The highest BCUT2D eigenvalue weighted by molar-refractivity contribution is 5.67. The molecule has 1 aliphatic carbocycles. The molecule has 0 aromatic heterocycles. The maximum Gasteiger partial charge on any atom is 0.307 e. The highest BCUT2D eigenvalue weighted by atomic mass is 16.5. The quantitative estimate of drug-likeness (QED) is 0.570. The van der Waals surface area contributed by atoms with Gasteiger partial charge in [-0.05, 0) is 24.8 Å². The summed E-state index contributed by atoms with van der Waals surface area (Å²) in [5.74, 6) is 1.25. The van der Waals surface area contributed by atoms with E-state index >= 15 is 0 Å². The molecule has 0 aliphatic heterocycles. The van der Waals surface area contributed by atoms with Gasteiger partial charge in [-0.15, -0.1) is 0 Å². The molecular weight excluding hydrogens is 248 g/mol. The van der Waals surface area contributed by atoms with Crippen molar-refractivity contribution >= 4 is 5.97 Å². The highest BCUT2D eigenvalue weighted by Gasteiger charge is 2.07. The van der Waals surface area contributed by atoms with E-state index in [1.165, 1.54) is 71.1 Å². The molecule has 0 heterocycles. The lowest BCUT2D eigenvalue weighted by molar-refractivity contribution is -0.137. The van der Waals surface area contributed by atoms with Crippen molar-refractivity contribution in [3.05, 3.63) is 11.8 Å². The van der Waals surface area contributed by atoms with Gasteiger partial charge in [-0.2, -0.15) is 0 Å². The number of hydrogen-bond donors (Lipinski definition) is 0. The number of hydrogen-bond acceptors (Lipinski definition) is 2. The monoisotopic (exact) mass is 280 g/mol. The summed E-state index contributed by atoms with van der Waals surface area (Å²) in [6.45, 7) is 3.74. The van der Waals surface area contributed by atoms with E-state index in [0.717, 1.165) is 18.6 Å². The van der Waals surface area contributed by atoms with Crippen LogP contribution in [0.25, 0.3) is 0 Å². The second kappa shape index (κ2) is 10.9. The summed E-state index contributed by atoms with van der Waals surface area (Å²) in [6, 6.07) is 0. The third-order valence-electron chi connectivity index (χ3n) is 4.08. The SMILES string of the molecule is CC(=O)OC1=C[C@H](C)CCCCCCCCCCCC1. The summed E-state index contributed by atoms with van der Waals surface area (Å²) in [6.07, 6.45) is 17.6. The molecule has 1 rings (SSSR count). The second-order valence-electron chi connectivity index (χ2n) is 6.28. The Morgan fingerprint density at radius 2 is 1.45 bits per heavy atom. The van der Waals surface area contributed by atoms with Crippen LogP contribution >= 0.6 is 0 Å². The summed E-state index contributed by atoms with van der Waals surface area (Å²) in [4.78, 5) is 11.2. The molecule has 0 saturated heterocycles. The van der Waals surface area contributed by atoms with E-state index < -0.39 is 0 Å². The Morgan fingerprint density at radius 3 is 2.00 bits per heavy atom. The predicted molar refractivity (Wildman–Crippen MR) is 84.4 cm³/mol. The van der Waals surface area contributed by atoms with Crippen LogP contribution in [0.5, 0.6) is 0 Å². The molecule has 0 amide bonds. The average Bonchev–Trinajstić information content (AvgIpc) is 2.39. The number of ether oxygens (including phenoxy) is 1. The first-order valence-electron chi connectivity index (χ1n) is 8.57. The molecule has 0 saturated carbocycles. The Morgan fingerprint density at radius 1 is 0.950 bits per heavy atom. The van der Waals surface area contributed by atoms with E-state index in [9.17, 15) is 4.79 Å². The maximum atomic E-state index is 11.2.